The van der Waals surface area contributed by atoms with Gasteiger partial charge in [-0.1, -0.05) is 29.9 Å². The molecule has 2 aromatic rings. The standard InChI is InChI=1S/C11H11ClN4S/c1-6-14-7(2)16(15-6)9-5-3-4-8(12)10(9)11(13)17/h3-5H,1-2H3,(H2,13,17). The molecule has 0 saturated heterocycles. The smallest absolute Gasteiger partial charge is 0.148 e. The maximum Gasteiger partial charge on any atom is 0.148 e. The SMILES string of the molecule is Cc1nc(C)n(-c2cccc(Cl)c2C(N)=S)n1. The first-order valence-corrected chi connectivity index (χ1v) is 5.78. The van der Waals surface area contributed by atoms with Crippen molar-refractivity contribution in [3.05, 3.63) is 40.4 Å². The second-order valence-corrected chi connectivity index (χ2v) is 4.46. The van der Waals surface area contributed by atoms with E-state index < -0.39 is 0 Å². The summed E-state index contributed by atoms with van der Waals surface area (Å²) >= 11 is 11.1. The Bertz CT molecular complexity index is 591. The summed E-state index contributed by atoms with van der Waals surface area (Å²) in [5, 5.41) is 4.81. The summed E-state index contributed by atoms with van der Waals surface area (Å²) < 4.78 is 1.69. The predicted molar refractivity (Wildman–Crippen MR) is 71.7 cm³/mol. The Balaban J connectivity index is 2.71. The van der Waals surface area contributed by atoms with Gasteiger partial charge in [-0.2, -0.15) is 5.10 Å². The van der Waals surface area contributed by atoms with Gasteiger partial charge in [0.2, 0.25) is 0 Å². The number of hydrogen-bond donors (Lipinski definition) is 1. The van der Waals surface area contributed by atoms with Gasteiger partial charge in [-0.3, -0.25) is 0 Å². The highest BCUT2D eigenvalue weighted by molar-refractivity contribution is 7.80. The third kappa shape index (κ3) is 2.16. The number of aryl methyl sites for hydroxylation is 2. The van der Waals surface area contributed by atoms with E-state index in [1.54, 1.807) is 10.7 Å². The van der Waals surface area contributed by atoms with E-state index in [4.69, 9.17) is 29.6 Å². The second-order valence-electron chi connectivity index (χ2n) is 3.62. The van der Waals surface area contributed by atoms with Crippen LogP contribution in [0.3, 0.4) is 0 Å². The Morgan fingerprint density at radius 3 is 2.65 bits per heavy atom. The molecule has 88 valence electrons. The third-order valence-corrected chi connectivity index (χ3v) is 2.86. The fraction of sp³-hybridized carbons (Fsp3) is 0.182. The molecule has 4 nitrogen and oxygen atoms in total. The van der Waals surface area contributed by atoms with Crippen LogP contribution in [0.1, 0.15) is 17.2 Å². The molecule has 17 heavy (non-hydrogen) atoms. The molecule has 0 amide bonds. The highest BCUT2D eigenvalue weighted by Crippen LogP contribution is 2.23. The molecule has 6 heteroatoms. The van der Waals surface area contributed by atoms with Gasteiger partial charge in [0.1, 0.15) is 16.6 Å². The minimum atomic E-state index is 0.248. The molecule has 0 aliphatic heterocycles. The highest BCUT2D eigenvalue weighted by atomic mass is 35.5. The fourth-order valence-corrected chi connectivity index (χ4v) is 2.22. The summed E-state index contributed by atoms with van der Waals surface area (Å²) in [7, 11) is 0. The molecule has 1 aromatic heterocycles. The average Bonchev–Trinajstić information content (AvgIpc) is 2.56. The van der Waals surface area contributed by atoms with Gasteiger partial charge in [0, 0.05) is 0 Å². The van der Waals surface area contributed by atoms with Crippen LogP contribution in [0.4, 0.5) is 0 Å². The largest absolute Gasteiger partial charge is 0.389 e. The van der Waals surface area contributed by atoms with Crippen LogP contribution in [0.5, 0.6) is 0 Å². The molecule has 1 aromatic carbocycles. The lowest BCUT2D eigenvalue weighted by atomic mass is 10.2. The van der Waals surface area contributed by atoms with E-state index in [1.165, 1.54) is 0 Å². The van der Waals surface area contributed by atoms with E-state index >= 15 is 0 Å². The van der Waals surface area contributed by atoms with E-state index in [1.807, 2.05) is 26.0 Å². The first kappa shape index (κ1) is 12.0. The van der Waals surface area contributed by atoms with Crippen molar-refractivity contribution in [2.24, 2.45) is 5.73 Å². The molecule has 0 bridgehead atoms. The van der Waals surface area contributed by atoms with E-state index in [9.17, 15) is 0 Å². The van der Waals surface area contributed by atoms with E-state index in [0.29, 0.717) is 16.4 Å². The molecule has 0 saturated carbocycles. The Morgan fingerprint density at radius 1 is 1.41 bits per heavy atom. The van der Waals surface area contributed by atoms with Crippen molar-refractivity contribution in [1.29, 1.82) is 0 Å². The average molecular weight is 267 g/mol. The first-order chi connectivity index (χ1) is 8.00. The van der Waals surface area contributed by atoms with Gasteiger partial charge in [-0.05, 0) is 26.0 Å². The summed E-state index contributed by atoms with van der Waals surface area (Å²) in [5.41, 5.74) is 7.07. The van der Waals surface area contributed by atoms with E-state index in [2.05, 4.69) is 10.1 Å². The van der Waals surface area contributed by atoms with Gasteiger partial charge in [-0.15, -0.1) is 0 Å². The first-order valence-electron chi connectivity index (χ1n) is 4.99. The van der Waals surface area contributed by atoms with Crippen molar-refractivity contribution in [1.82, 2.24) is 14.8 Å². The molecule has 0 aliphatic rings. The Hall–Kier alpha value is -1.46. The molecule has 0 radical (unpaired) electrons. The summed E-state index contributed by atoms with van der Waals surface area (Å²) in [4.78, 5) is 4.49. The van der Waals surface area contributed by atoms with Gasteiger partial charge < -0.3 is 5.73 Å². The number of thiocarbonyl (C=S) groups is 1. The second kappa shape index (κ2) is 4.43. The summed E-state index contributed by atoms with van der Waals surface area (Å²) in [6, 6.07) is 5.44. The molecule has 0 unspecified atom stereocenters. The van der Waals surface area contributed by atoms with Crippen LogP contribution in [0.2, 0.25) is 5.02 Å². The van der Waals surface area contributed by atoms with Gasteiger partial charge in [0.25, 0.3) is 0 Å². The molecule has 0 spiro atoms. The van der Waals surface area contributed by atoms with Crippen molar-refractivity contribution in [3.8, 4) is 5.69 Å². The number of aromatic nitrogens is 3. The lowest BCUT2D eigenvalue weighted by Crippen LogP contribution is -2.15. The maximum absolute atomic E-state index is 6.10. The fourth-order valence-electron chi connectivity index (χ4n) is 1.68. The number of benzene rings is 1. The van der Waals surface area contributed by atoms with E-state index in [0.717, 1.165) is 11.5 Å². The quantitative estimate of drug-likeness (QED) is 0.847. The Morgan fingerprint density at radius 2 is 2.12 bits per heavy atom. The van der Waals surface area contributed by atoms with Crippen LogP contribution < -0.4 is 5.73 Å². The zero-order valence-corrected chi connectivity index (χ0v) is 11.0. The van der Waals surface area contributed by atoms with Gasteiger partial charge in [0.05, 0.1) is 16.3 Å². The third-order valence-electron chi connectivity index (χ3n) is 2.34. The number of halogens is 1. The predicted octanol–water partition coefficient (Wildman–Crippen LogP) is 2.17. The van der Waals surface area contributed by atoms with Crippen molar-refractivity contribution in [2.75, 3.05) is 0 Å². The topological polar surface area (TPSA) is 56.7 Å². The summed E-state index contributed by atoms with van der Waals surface area (Å²) in [5.74, 6) is 1.46. The molecule has 2 rings (SSSR count). The van der Waals surface area contributed by atoms with Crippen LogP contribution in [-0.2, 0) is 0 Å². The van der Waals surface area contributed by atoms with Crippen LogP contribution in [-0.4, -0.2) is 19.8 Å². The molecular formula is C11H11ClN4S. The van der Waals surface area contributed by atoms with Gasteiger partial charge in [-0.25, -0.2) is 9.67 Å². The molecule has 0 fully saturated rings. The molecule has 0 aliphatic carbocycles. The lowest BCUT2D eigenvalue weighted by Gasteiger charge is -2.10. The number of nitrogens with two attached hydrogens (primary N) is 1. The normalized spacial score (nSPS) is 10.5. The maximum atomic E-state index is 6.10. The van der Waals surface area contributed by atoms with Crippen LogP contribution in [0.15, 0.2) is 18.2 Å². The molecule has 0 atom stereocenters. The molecule has 1 heterocycles. The molecule has 2 N–H and O–H groups in total. The van der Waals surface area contributed by atoms with Crippen LogP contribution >= 0.6 is 23.8 Å². The van der Waals surface area contributed by atoms with Crippen molar-refractivity contribution < 1.29 is 0 Å². The van der Waals surface area contributed by atoms with Crippen LogP contribution in [0, 0.1) is 13.8 Å². The highest BCUT2D eigenvalue weighted by Gasteiger charge is 2.14. The number of nitrogens with zero attached hydrogens (tertiary/aromatic N) is 3. The monoisotopic (exact) mass is 266 g/mol. The number of hydrogen-bond acceptors (Lipinski definition) is 3. The Labute approximate surface area is 109 Å². The lowest BCUT2D eigenvalue weighted by molar-refractivity contribution is 0.830. The van der Waals surface area contributed by atoms with Crippen molar-refractivity contribution in [3.63, 3.8) is 0 Å². The van der Waals surface area contributed by atoms with Crippen molar-refractivity contribution >= 4 is 28.8 Å². The minimum absolute atomic E-state index is 0.248. The van der Waals surface area contributed by atoms with E-state index in [-0.39, 0.29) is 4.99 Å². The zero-order valence-electron chi connectivity index (χ0n) is 9.44. The van der Waals surface area contributed by atoms with Gasteiger partial charge >= 0.3 is 0 Å². The summed E-state index contributed by atoms with van der Waals surface area (Å²) in [6.45, 7) is 3.69. The summed E-state index contributed by atoms with van der Waals surface area (Å²) in [6.07, 6.45) is 0. The molecular weight excluding hydrogens is 256 g/mol. The van der Waals surface area contributed by atoms with Crippen molar-refractivity contribution in [2.45, 2.75) is 13.8 Å². The zero-order chi connectivity index (χ0) is 12.6. The van der Waals surface area contributed by atoms with Gasteiger partial charge in [0.15, 0.2) is 0 Å². The van der Waals surface area contributed by atoms with Crippen LogP contribution in [0.25, 0.3) is 5.69 Å². The minimum Gasteiger partial charge on any atom is -0.389 e. The Kier molecular flexibility index (Phi) is 3.13. The number of rotatable bonds is 2.